The third-order valence-electron chi connectivity index (χ3n) is 5.60. The van der Waals surface area contributed by atoms with Crippen molar-refractivity contribution in [2.75, 3.05) is 17.9 Å². The van der Waals surface area contributed by atoms with Gasteiger partial charge in [-0.3, -0.25) is 9.10 Å². The number of carbonyl (C=O) groups is 1. The first-order valence-electron chi connectivity index (χ1n) is 9.81. The van der Waals surface area contributed by atoms with Crippen LogP contribution in [-0.4, -0.2) is 38.9 Å². The van der Waals surface area contributed by atoms with E-state index in [9.17, 15) is 13.2 Å². The Morgan fingerprint density at radius 2 is 1.69 bits per heavy atom. The van der Waals surface area contributed by atoms with E-state index in [4.69, 9.17) is 11.6 Å². The standard InChI is InChI=1S/C22H27ClN2O3S/c1-16-8-12-20(13-9-16)29(27,28)25(19-11-10-17(2)21(23)14-19)15-22(26)24(3)18-6-4-5-7-18/h8-14,18H,4-7,15H2,1-3H3. The van der Waals surface area contributed by atoms with Crippen molar-refractivity contribution >= 4 is 33.2 Å². The molecule has 156 valence electrons. The molecule has 1 saturated carbocycles. The van der Waals surface area contributed by atoms with Crippen LogP contribution in [0.2, 0.25) is 5.02 Å². The van der Waals surface area contributed by atoms with Crippen LogP contribution in [0.3, 0.4) is 0 Å². The van der Waals surface area contributed by atoms with E-state index in [2.05, 4.69) is 0 Å². The summed E-state index contributed by atoms with van der Waals surface area (Å²) in [5, 5.41) is 0.461. The van der Waals surface area contributed by atoms with E-state index in [0.29, 0.717) is 10.7 Å². The van der Waals surface area contributed by atoms with Gasteiger partial charge < -0.3 is 4.90 Å². The van der Waals surface area contributed by atoms with Crippen LogP contribution in [0.25, 0.3) is 0 Å². The van der Waals surface area contributed by atoms with Gasteiger partial charge in [-0.05, 0) is 56.5 Å². The van der Waals surface area contributed by atoms with Crippen molar-refractivity contribution in [3.8, 4) is 0 Å². The molecule has 0 aromatic heterocycles. The zero-order valence-corrected chi connectivity index (χ0v) is 18.6. The van der Waals surface area contributed by atoms with E-state index in [-0.39, 0.29) is 23.4 Å². The Labute approximate surface area is 178 Å². The highest BCUT2D eigenvalue weighted by Crippen LogP contribution is 2.29. The van der Waals surface area contributed by atoms with Gasteiger partial charge in [-0.25, -0.2) is 8.42 Å². The molecule has 1 aliphatic rings. The molecule has 1 amide bonds. The van der Waals surface area contributed by atoms with Crippen molar-refractivity contribution < 1.29 is 13.2 Å². The molecular weight excluding hydrogens is 408 g/mol. The third-order valence-corrected chi connectivity index (χ3v) is 7.79. The minimum Gasteiger partial charge on any atom is -0.341 e. The summed E-state index contributed by atoms with van der Waals surface area (Å²) in [5.41, 5.74) is 2.19. The number of aryl methyl sites for hydroxylation is 2. The van der Waals surface area contributed by atoms with Gasteiger partial charge in [0.15, 0.2) is 0 Å². The molecule has 0 heterocycles. The minimum absolute atomic E-state index is 0.149. The van der Waals surface area contributed by atoms with Crippen LogP contribution in [0.5, 0.6) is 0 Å². The monoisotopic (exact) mass is 434 g/mol. The second kappa shape index (κ2) is 8.76. The number of rotatable bonds is 6. The fraction of sp³-hybridized carbons (Fsp3) is 0.409. The molecule has 29 heavy (non-hydrogen) atoms. The summed E-state index contributed by atoms with van der Waals surface area (Å²) < 4.78 is 28.0. The molecule has 0 spiro atoms. The van der Waals surface area contributed by atoms with Crippen molar-refractivity contribution in [2.24, 2.45) is 0 Å². The lowest BCUT2D eigenvalue weighted by atomic mass is 10.2. The number of anilines is 1. The highest BCUT2D eigenvalue weighted by molar-refractivity contribution is 7.92. The van der Waals surface area contributed by atoms with Gasteiger partial charge in [-0.15, -0.1) is 0 Å². The minimum atomic E-state index is -3.93. The molecular formula is C22H27ClN2O3S. The first kappa shape index (κ1) is 21.7. The highest BCUT2D eigenvalue weighted by atomic mass is 35.5. The van der Waals surface area contributed by atoms with Gasteiger partial charge in [0.05, 0.1) is 10.6 Å². The van der Waals surface area contributed by atoms with E-state index in [1.807, 2.05) is 13.8 Å². The van der Waals surface area contributed by atoms with E-state index in [0.717, 1.165) is 41.1 Å². The van der Waals surface area contributed by atoms with Gasteiger partial charge in [0.25, 0.3) is 10.0 Å². The number of sulfonamides is 1. The number of benzene rings is 2. The van der Waals surface area contributed by atoms with Crippen LogP contribution in [-0.2, 0) is 14.8 Å². The quantitative estimate of drug-likeness (QED) is 0.669. The summed E-state index contributed by atoms with van der Waals surface area (Å²) in [6.45, 7) is 3.49. The largest absolute Gasteiger partial charge is 0.341 e. The summed E-state index contributed by atoms with van der Waals surface area (Å²) in [4.78, 5) is 14.8. The van der Waals surface area contributed by atoms with Gasteiger partial charge in [0.2, 0.25) is 5.91 Å². The van der Waals surface area contributed by atoms with E-state index in [1.54, 1.807) is 54.4 Å². The lowest BCUT2D eigenvalue weighted by Crippen LogP contribution is -2.44. The molecule has 0 bridgehead atoms. The summed E-state index contributed by atoms with van der Waals surface area (Å²) >= 11 is 6.26. The second-order valence-electron chi connectivity index (χ2n) is 7.70. The van der Waals surface area contributed by atoms with Crippen molar-refractivity contribution in [1.29, 1.82) is 0 Å². The Morgan fingerprint density at radius 3 is 2.28 bits per heavy atom. The Kier molecular flexibility index (Phi) is 6.54. The average molecular weight is 435 g/mol. The maximum atomic E-state index is 13.4. The maximum Gasteiger partial charge on any atom is 0.264 e. The van der Waals surface area contributed by atoms with Crippen molar-refractivity contribution in [2.45, 2.75) is 50.5 Å². The van der Waals surface area contributed by atoms with Crippen LogP contribution in [0.1, 0.15) is 36.8 Å². The molecule has 0 radical (unpaired) electrons. The molecule has 0 aliphatic heterocycles. The molecule has 0 N–H and O–H groups in total. The van der Waals surface area contributed by atoms with Crippen molar-refractivity contribution in [3.63, 3.8) is 0 Å². The number of likely N-dealkylation sites (N-methyl/N-ethyl adjacent to an activating group) is 1. The number of nitrogens with zero attached hydrogens (tertiary/aromatic N) is 2. The third kappa shape index (κ3) is 4.75. The summed E-state index contributed by atoms with van der Waals surface area (Å²) in [6.07, 6.45) is 4.12. The van der Waals surface area contributed by atoms with Crippen LogP contribution in [0.15, 0.2) is 47.4 Å². The SMILES string of the molecule is Cc1ccc(S(=O)(=O)N(CC(=O)N(C)C2CCCC2)c2ccc(C)c(Cl)c2)cc1. The zero-order valence-electron chi connectivity index (χ0n) is 17.1. The Morgan fingerprint density at radius 1 is 1.07 bits per heavy atom. The first-order chi connectivity index (χ1) is 13.7. The fourth-order valence-electron chi connectivity index (χ4n) is 3.62. The predicted molar refractivity (Wildman–Crippen MR) is 117 cm³/mol. The van der Waals surface area contributed by atoms with Crippen LogP contribution in [0.4, 0.5) is 5.69 Å². The molecule has 3 rings (SSSR count). The molecule has 2 aromatic rings. The molecule has 0 atom stereocenters. The number of hydrogen-bond donors (Lipinski definition) is 0. The molecule has 7 heteroatoms. The lowest BCUT2D eigenvalue weighted by molar-refractivity contribution is -0.130. The number of hydrogen-bond acceptors (Lipinski definition) is 3. The summed E-state index contributed by atoms with van der Waals surface area (Å²) in [5.74, 6) is -0.218. The van der Waals surface area contributed by atoms with Crippen LogP contribution < -0.4 is 4.31 Å². The predicted octanol–water partition coefficient (Wildman–Crippen LogP) is 4.55. The smallest absolute Gasteiger partial charge is 0.264 e. The first-order valence-corrected chi connectivity index (χ1v) is 11.6. The van der Waals surface area contributed by atoms with Gasteiger partial charge in [0, 0.05) is 18.1 Å². The Hall–Kier alpha value is -2.05. The van der Waals surface area contributed by atoms with E-state index < -0.39 is 10.0 Å². The van der Waals surface area contributed by atoms with Crippen molar-refractivity contribution in [3.05, 3.63) is 58.6 Å². The lowest BCUT2D eigenvalue weighted by Gasteiger charge is -2.29. The zero-order chi connectivity index (χ0) is 21.2. The number of amides is 1. The fourth-order valence-corrected chi connectivity index (χ4v) is 5.20. The Balaban J connectivity index is 1.98. The van der Waals surface area contributed by atoms with Crippen LogP contribution in [0, 0.1) is 13.8 Å². The second-order valence-corrected chi connectivity index (χ2v) is 9.97. The molecule has 1 fully saturated rings. The maximum absolute atomic E-state index is 13.4. The van der Waals surface area contributed by atoms with Crippen LogP contribution >= 0.6 is 11.6 Å². The van der Waals surface area contributed by atoms with E-state index in [1.165, 1.54) is 0 Å². The molecule has 0 unspecified atom stereocenters. The molecule has 2 aromatic carbocycles. The summed E-state index contributed by atoms with van der Waals surface area (Å²) in [7, 11) is -2.16. The number of halogens is 1. The van der Waals surface area contributed by atoms with Gasteiger partial charge in [-0.1, -0.05) is 48.2 Å². The van der Waals surface area contributed by atoms with Gasteiger partial charge >= 0.3 is 0 Å². The molecule has 1 aliphatic carbocycles. The molecule has 0 saturated heterocycles. The molecule has 5 nitrogen and oxygen atoms in total. The number of carbonyl (C=O) groups excluding carboxylic acids is 1. The topological polar surface area (TPSA) is 57.7 Å². The van der Waals surface area contributed by atoms with Gasteiger partial charge in [0.1, 0.15) is 6.54 Å². The normalized spacial score (nSPS) is 14.8. The highest BCUT2D eigenvalue weighted by Gasteiger charge is 2.31. The Bertz CT molecular complexity index is 984. The van der Waals surface area contributed by atoms with Gasteiger partial charge in [-0.2, -0.15) is 0 Å². The van der Waals surface area contributed by atoms with E-state index >= 15 is 0 Å². The van der Waals surface area contributed by atoms with Crippen molar-refractivity contribution in [1.82, 2.24) is 4.90 Å². The average Bonchev–Trinajstić information content (AvgIpc) is 3.22. The summed E-state index contributed by atoms with van der Waals surface area (Å²) in [6, 6.07) is 11.9.